The van der Waals surface area contributed by atoms with Crippen LogP contribution < -0.4 is 5.32 Å². The molecule has 1 aromatic rings. The summed E-state index contributed by atoms with van der Waals surface area (Å²) in [4.78, 5) is 51.7. The second kappa shape index (κ2) is 9.49. The maximum absolute atomic E-state index is 12.7. The third-order valence-electron chi connectivity index (χ3n) is 3.86. The predicted molar refractivity (Wildman–Crippen MR) is 97.1 cm³/mol. The van der Waals surface area contributed by atoms with E-state index in [9.17, 15) is 19.2 Å². The monoisotopic (exact) mass is 390 g/mol. The molecule has 0 aromatic carbocycles. The Hall–Kier alpha value is -3.43. The molecule has 150 valence electrons. The summed E-state index contributed by atoms with van der Waals surface area (Å²) in [6.45, 7) is 5.81. The minimum absolute atomic E-state index is 0.00420. The Labute approximate surface area is 162 Å². The number of amides is 3. The molecule has 2 rings (SSSR count). The fourth-order valence-electron chi connectivity index (χ4n) is 2.44. The summed E-state index contributed by atoms with van der Waals surface area (Å²) >= 11 is 0. The van der Waals surface area contributed by atoms with Crippen LogP contribution in [0.25, 0.3) is 0 Å². The maximum Gasteiger partial charge on any atom is 0.339 e. The van der Waals surface area contributed by atoms with Crippen molar-refractivity contribution in [1.29, 1.82) is 0 Å². The molecule has 10 nitrogen and oxygen atoms in total. The first kappa shape index (κ1) is 20.9. The molecular weight excluding hydrogens is 368 g/mol. The van der Waals surface area contributed by atoms with Gasteiger partial charge in [-0.05, 0) is 25.5 Å². The highest BCUT2D eigenvalue weighted by Gasteiger charge is 2.31. The van der Waals surface area contributed by atoms with E-state index >= 15 is 0 Å². The number of hydrazine groups is 1. The van der Waals surface area contributed by atoms with Gasteiger partial charge >= 0.3 is 18.0 Å². The number of urea groups is 1. The van der Waals surface area contributed by atoms with Crippen LogP contribution in [0.4, 0.5) is 4.79 Å². The Kier molecular flexibility index (Phi) is 7.08. The average Bonchev–Trinajstić information content (AvgIpc) is 3.19. The molecule has 2 heterocycles. The van der Waals surface area contributed by atoms with Crippen molar-refractivity contribution in [1.82, 2.24) is 20.3 Å². The van der Waals surface area contributed by atoms with Gasteiger partial charge in [0.05, 0.1) is 19.2 Å². The number of hydrogen-bond acceptors (Lipinski definition) is 7. The van der Waals surface area contributed by atoms with E-state index in [0.717, 1.165) is 0 Å². The highest BCUT2D eigenvalue weighted by atomic mass is 16.5. The van der Waals surface area contributed by atoms with Crippen LogP contribution in [0.2, 0.25) is 0 Å². The van der Waals surface area contributed by atoms with Crippen LogP contribution in [0.3, 0.4) is 0 Å². The van der Waals surface area contributed by atoms with Crippen LogP contribution in [0.5, 0.6) is 0 Å². The van der Waals surface area contributed by atoms with E-state index in [0.29, 0.717) is 19.5 Å². The zero-order valence-electron chi connectivity index (χ0n) is 15.8. The quantitative estimate of drug-likeness (QED) is 0.433. The molecule has 0 saturated carbocycles. The lowest BCUT2D eigenvalue weighted by atomic mass is 10.2. The zero-order valence-corrected chi connectivity index (χ0v) is 15.8. The topological polar surface area (TPSA) is 118 Å². The minimum atomic E-state index is -0.555. The molecular formula is C18H22N4O6. The third kappa shape index (κ3) is 5.06. The van der Waals surface area contributed by atoms with Gasteiger partial charge in [-0.1, -0.05) is 6.58 Å². The van der Waals surface area contributed by atoms with E-state index in [2.05, 4.69) is 21.6 Å². The molecule has 1 aliphatic rings. The molecule has 3 amide bonds. The lowest BCUT2D eigenvalue weighted by molar-refractivity contribution is -0.138. The van der Waals surface area contributed by atoms with Crippen molar-refractivity contribution in [2.24, 2.45) is 0 Å². The van der Waals surface area contributed by atoms with Gasteiger partial charge in [0, 0.05) is 24.9 Å². The number of rotatable bonds is 6. The van der Waals surface area contributed by atoms with Crippen molar-refractivity contribution in [2.75, 3.05) is 33.4 Å². The van der Waals surface area contributed by atoms with Gasteiger partial charge < -0.3 is 14.8 Å². The number of methoxy groups -OCH3 is 1. The second-order valence-electron chi connectivity index (χ2n) is 5.98. The summed E-state index contributed by atoms with van der Waals surface area (Å²) in [7, 11) is 1.25. The van der Waals surface area contributed by atoms with E-state index in [4.69, 9.17) is 4.74 Å². The molecule has 0 radical (unpaired) electrons. The smallest absolute Gasteiger partial charge is 0.339 e. The van der Waals surface area contributed by atoms with Crippen LogP contribution in [-0.2, 0) is 14.3 Å². The maximum atomic E-state index is 12.7. The Morgan fingerprint density at radius 2 is 1.93 bits per heavy atom. The summed E-state index contributed by atoms with van der Waals surface area (Å²) in [6, 6.07) is 2.35. The van der Waals surface area contributed by atoms with Gasteiger partial charge in [-0.25, -0.2) is 24.4 Å². The normalized spacial score (nSPS) is 13.1. The number of pyridine rings is 1. The van der Waals surface area contributed by atoms with Crippen molar-refractivity contribution in [3.63, 3.8) is 0 Å². The van der Waals surface area contributed by atoms with E-state index in [1.54, 1.807) is 0 Å². The van der Waals surface area contributed by atoms with Gasteiger partial charge in [-0.2, -0.15) is 0 Å². The van der Waals surface area contributed by atoms with Crippen molar-refractivity contribution < 1.29 is 28.7 Å². The lowest BCUT2D eigenvalue weighted by Crippen LogP contribution is -2.50. The standard InChI is InChI=1S/C18H22N4O6/c1-12(2)16(24)28-10-7-19-18(26)22-9-4-8-21(22)15(23)14-6-5-13(11-20-14)17(25)27-3/h5-6,11H,1,4,7-10H2,2-3H3,(H,19,26). The zero-order chi connectivity index (χ0) is 20.7. The molecule has 1 N–H and O–H groups in total. The number of hydrogen-bond donors (Lipinski definition) is 1. The Morgan fingerprint density at radius 1 is 1.21 bits per heavy atom. The number of carbonyl (C=O) groups is 4. The first-order valence-electron chi connectivity index (χ1n) is 8.59. The molecule has 1 fully saturated rings. The third-order valence-corrected chi connectivity index (χ3v) is 3.86. The summed E-state index contributed by atoms with van der Waals surface area (Å²) in [5.74, 6) is -1.55. The largest absolute Gasteiger partial charge is 0.465 e. The number of nitrogens with one attached hydrogen (secondary N) is 1. The Balaban J connectivity index is 1.93. The molecule has 1 aliphatic heterocycles. The van der Waals surface area contributed by atoms with Crippen molar-refractivity contribution in [3.05, 3.63) is 41.7 Å². The minimum Gasteiger partial charge on any atom is -0.465 e. The highest BCUT2D eigenvalue weighted by molar-refractivity contribution is 5.95. The molecule has 1 saturated heterocycles. The molecule has 0 bridgehead atoms. The van der Waals surface area contributed by atoms with Gasteiger partial charge in [-0.15, -0.1) is 0 Å². The first-order valence-corrected chi connectivity index (χ1v) is 8.59. The number of nitrogens with zero attached hydrogens (tertiary/aromatic N) is 3. The van der Waals surface area contributed by atoms with E-state index in [-0.39, 0.29) is 30.0 Å². The molecule has 10 heteroatoms. The highest BCUT2D eigenvalue weighted by Crippen LogP contribution is 2.14. The van der Waals surface area contributed by atoms with Gasteiger partial charge in [0.1, 0.15) is 12.3 Å². The summed E-state index contributed by atoms with van der Waals surface area (Å²) in [5.41, 5.74) is 0.593. The second-order valence-corrected chi connectivity index (χ2v) is 5.98. The molecule has 0 aliphatic carbocycles. The number of ether oxygens (including phenoxy) is 2. The fourth-order valence-corrected chi connectivity index (χ4v) is 2.44. The first-order chi connectivity index (χ1) is 13.3. The molecule has 0 unspecified atom stereocenters. The lowest BCUT2D eigenvalue weighted by Gasteiger charge is -2.27. The predicted octanol–water partition coefficient (Wildman–Crippen LogP) is 0.760. The van der Waals surface area contributed by atoms with Crippen molar-refractivity contribution in [3.8, 4) is 0 Å². The van der Waals surface area contributed by atoms with Gasteiger partial charge in [0.15, 0.2) is 0 Å². The van der Waals surface area contributed by atoms with E-state index < -0.39 is 23.9 Å². The Bertz CT molecular complexity index is 777. The van der Waals surface area contributed by atoms with Crippen molar-refractivity contribution in [2.45, 2.75) is 13.3 Å². The molecule has 28 heavy (non-hydrogen) atoms. The molecule has 1 aromatic heterocycles. The SMILES string of the molecule is C=C(C)C(=O)OCCNC(=O)N1CCCN1C(=O)c1ccc(C(=O)OC)cn1. The Morgan fingerprint density at radius 3 is 2.54 bits per heavy atom. The van der Waals surface area contributed by atoms with Gasteiger partial charge in [0.2, 0.25) is 0 Å². The van der Waals surface area contributed by atoms with Crippen molar-refractivity contribution >= 4 is 23.9 Å². The molecule has 0 atom stereocenters. The molecule has 0 spiro atoms. The van der Waals surface area contributed by atoms with Gasteiger partial charge in [-0.3, -0.25) is 9.78 Å². The van der Waals surface area contributed by atoms with Crippen LogP contribution in [-0.4, -0.2) is 72.2 Å². The number of esters is 2. The van der Waals surface area contributed by atoms with E-state index in [1.807, 2.05) is 0 Å². The summed E-state index contributed by atoms with van der Waals surface area (Å²) in [5, 5.41) is 5.16. The fraction of sp³-hybridized carbons (Fsp3) is 0.389. The van der Waals surface area contributed by atoms with Gasteiger partial charge in [0.25, 0.3) is 5.91 Å². The number of aromatic nitrogens is 1. The van der Waals surface area contributed by atoms with E-state index in [1.165, 1.54) is 42.4 Å². The van der Waals surface area contributed by atoms with Crippen LogP contribution in [0.1, 0.15) is 34.2 Å². The summed E-state index contributed by atoms with van der Waals surface area (Å²) in [6.07, 6.45) is 1.86. The van der Waals surface area contributed by atoms with Crippen LogP contribution in [0.15, 0.2) is 30.5 Å². The number of carbonyl (C=O) groups excluding carboxylic acids is 4. The average molecular weight is 390 g/mol. The van der Waals surface area contributed by atoms with Crippen LogP contribution >= 0.6 is 0 Å². The summed E-state index contributed by atoms with van der Waals surface area (Å²) < 4.78 is 9.49. The van der Waals surface area contributed by atoms with Crippen LogP contribution in [0, 0.1) is 0 Å².